The van der Waals surface area contributed by atoms with E-state index in [9.17, 15) is 9.59 Å². The second-order valence-electron chi connectivity index (χ2n) is 3.68. The van der Waals surface area contributed by atoms with E-state index >= 15 is 0 Å². The fourth-order valence-electron chi connectivity index (χ4n) is 1.35. The van der Waals surface area contributed by atoms with Crippen LogP contribution in [-0.2, 0) is 4.79 Å². The van der Waals surface area contributed by atoms with Crippen molar-refractivity contribution in [2.45, 2.75) is 12.8 Å². The van der Waals surface area contributed by atoms with Crippen molar-refractivity contribution in [2.75, 3.05) is 26.7 Å². The number of nitrogens with zero attached hydrogens (tertiary/aromatic N) is 2. The summed E-state index contributed by atoms with van der Waals surface area (Å²) in [6, 6.07) is -0.143. The van der Waals surface area contributed by atoms with Gasteiger partial charge in [-0.2, -0.15) is 0 Å². The summed E-state index contributed by atoms with van der Waals surface area (Å²) in [5, 5.41) is 8.50. The molecule has 0 aromatic rings. The van der Waals surface area contributed by atoms with Gasteiger partial charge in [-0.05, 0) is 6.42 Å². The molecule has 0 aliphatic rings. The summed E-state index contributed by atoms with van der Waals surface area (Å²) in [6.07, 6.45) is 3.81. The largest absolute Gasteiger partial charge is 0.481 e. The number of aliphatic carboxylic acids is 1. The van der Waals surface area contributed by atoms with Crippen LogP contribution in [0.4, 0.5) is 4.79 Å². The maximum absolute atomic E-state index is 11.9. The predicted molar refractivity (Wildman–Crippen MR) is 66.9 cm³/mol. The van der Waals surface area contributed by atoms with Crippen LogP contribution in [0.1, 0.15) is 12.8 Å². The molecule has 5 nitrogen and oxygen atoms in total. The van der Waals surface area contributed by atoms with Crippen molar-refractivity contribution < 1.29 is 14.7 Å². The number of carbonyl (C=O) groups excluding carboxylic acids is 1. The number of hydrogen-bond acceptors (Lipinski definition) is 2. The maximum Gasteiger partial charge on any atom is 0.320 e. The highest BCUT2D eigenvalue weighted by Crippen LogP contribution is 2.00. The normalized spacial score (nSPS) is 9.47. The monoisotopic (exact) mass is 240 g/mol. The van der Waals surface area contributed by atoms with Crippen molar-refractivity contribution in [1.29, 1.82) is 0 Å². The molecule has 0 aliphatic carbocycles. The standard InChI is InChI=1S/C12H20N2O3/c1-4-8-14(9-5-2)12(17)13(3)10-6-7-11(15)16/h4-5H,1-2,6-10H2,3H3,(H,15,16). The molecule has 0 fully saturated rings. The van der Waals surface area contributed by atoms with E-state index < -0.39 is 5.97 Å². The third-order valence-electron chi connectivity index (χ3n) is 2.18. The average molecular weight is 240 g/mol. The highest BCUT2D eigenvalue weighted by atomic mass is 16.4. The maximum atomic E-state index is 11.9. The molecule has 0 heterocycles. The Morgan fingerprint density at radius 3 is 2.18 bits per heavy atom. The topological polar surface area (TPSA) is 60.9 Å². The second kappa shape index (κ2) is 8.38. The molecule has 0 unspecified atom stereocenters. The lowest BCUT2D eigenvalue weighted by Gasteiger charge is -2.26. The van der Waals surface area contributed by atoms with E-state index in [4.69, 9.17) is 5.11 Å². The Balaban J connectivity index is 4.18. The van der Waals surface area contributed by atoms with Gasteiger partial charge in [0.2, 0.25) is 0 Å². The first kappa shape index (κ1) is 15.2. The SMILES string of the molecule is C=CCN(CC=C)C(=O)N(C)CCCC(=O)O. The molecule has 17 heavy (non-hydrogen) atoms. The van der Waals surface area contributed by atoms with Crippen molar-refractivity contribution in [3.63, 3.8) is 0 Å². The molecule has 96 valence electrons. The fourth-order valence-corrected chi connectivity index (χ4v) is 1.35. The predicted octanol–water partition coefficient (Wildman–Crippen LogP) is 1.58. The van der Waals surface area contributed by atoms with Gasteiger partial charge in [-0.25, -0.2) is 4.79 Å². The summed E-state index contributed by atoms with van der Waals surface area (Å²) in [7, 11) is 1.66. The molecule has 0 aromatic carbocycles. The highest BCUT2D eigenvalue weighted by molar-refractivity contribution is 5.74. The highest BCUT2D eigenvalue weighted by Gasteiger charge is 2.15. The molecule has 0 saturated heterocycles. The van der Waals surface area contributed by atoms with E-state index in [2.05, 4.69) is 13.2 Å². The molecule has 0 rings (SSSR count). The van der Waals surface area contributed by atoms with Gasteiger partial charge in [-0.15, -0.1) is 13.2 Å². The van der Waals surface area contributed by atoms with Gasteiger partial charge in [0, 0.05) is 33.1 Å². The van der Waals surface area contributed by atoms with Gasteiger partial charge in [-0.3, -0.25) is 4.79 Å². The summed E-state index contributed by atoms with van der Waals surface area (Å²) in [5.41, 5.74) is 0. The molecule has 0 aliphatic heterocycles. The second-order valence-corrected chi connectivity index (χ2v) is 3.68. The van der Waals surface area contributed by atoms with E-state index in [-0.39, 0.29) is 12.5 Å². The van der Waals surface area contributed by atoms with Crippen molar-refractivity contribution >= 4 is 12.0 Å². The fraction of sp³-hybridized carbons (Fsp3) is 0.500. The number of amides is 2. The zero-order valence-corrected chi connectivity index (χ0v) is 10.3. The van der Waals surface area contributed by atoms with Crippen LogP contribution >= 0.6 is 0 Å². The Bertz CT molecular complexity index is 279. The van der Waals surface area contributed by atoms with Crippen LogP contribution in [0.15, 0.2) is 25.3 Å². The molecule has 5 heteroatoms. The molecular formula is C12H20N2O3. The first-order valence-electron chi connectivity index (χ1n) is 5.46. The third kappa shape index (κ3) is 6.40. The van der Waals surface area contributed by atoms with Crippen LogP contribution < -0.4 is 0 Å². The summed E-state index contributed by atoms with van der Waals surface area (Å²) < 4.78 is 0. The van der Waals surface area contributed by atoms with E-state index in [1.54, 1.807) is 24.1 Å². The van der Waals surface area contributed by atoms with Crippen LogP contribution in [0.5, 0.6) is 0 Å². The van der Waals surface area contributed by atoms with E-state index in [0.29, 0.717) is 26.1 Å². The molecule has 0 radical (unpaired) electrons. The smallest absolute Gasteiger partial charge is 0.320 e. The number of hydrogen-bond donors (Lipinski definition) is 1. The number of carbonyl (C=O) groups is 2. The molecule has 1 N–H and O–H groups in total. The van der Waals surface area contributed by atoms with E-state index in [0.717, 1.165) is 0 Å². The Hall–Kier alpha value is -1.78. The summed E-state index contributed by atoms with van der Waals surface area (Å²) in [4.78, 5) is 25.4. The molecule has 2 amide bonds. The van der Waals surface area contributed by atoms with Gasteiger partial charge in [0.15, 0.2) is 0 Å². The first-order chi connectivity index (χ1) is 8.02. The minimum atomic E-state index is -0.847. The van der Waals surface area contributed by atoms with Crippen LogP contribution in [-0.4, -0.2) is 53.6 Å². The Kier molecular flexibility index (Phi) is 7.50. The van der Waals surface area contributed by atoms with Crippen molar-refractivity contribution in [2.24, 2.45) is 0 Å². The molecule has 0 bridgehead atoms. The summed E-state index contributed by atoms with van der Waals surface area (Å²) in [6.45, 7) is 8.50. The lowest BCUT2D eigenvalue weighted by atomic mass is 10.3. The van der Waals surface area contributed by atoms with Crippen LogP contribution in [0.2, 0.25) is 0 Å². The lowest BCUT2D eigenvalue weighted by molar-refractivity contribution is -0.137. The van der Waals surface area contributed by atoms with Crippen LogP contribution in [0.25, 0.3) is 0 Å². The van der Waals surface area contributed by atoms with Gasteiger partial charge in [0.25, 0.3) is 0 Å². The van der Waals surface area contributed by atoms with Crippen molar-refractivity contribution in [3.05, 3.63) is 25.3 Å². The zero-order chi connectivity index (χ0) is 13.3. The van der Waals surface area contributed by atoms with Crippen molar-refractivity contribution in [1.82, 2.24) is 9.80 Å². The molecule has 0 spiro atoms. The Morgan fingerprint density at radius 1 is 1.24 bits per heavy atom. The van der Waals surface area contributed by atoms with Gasteiger partial charge < -0.3 is 14.9 Å². The third-order valence-corrected chi connectivity index (χ3v) is 2.18. The quantitative estimate of drug-likeness (QED) is 0.655. The lowest BCUT2D eigenvalue weighted by Crippen LogP contribution is -2.41. The Labute approximate surface area is 102 Å². The van der Waals surface area contributed by atoms with Gasteiger partial charge in [0.05, 0.1) is 0 Å². The molecule has 0 saturated carbocycles. The van der Waals surface area contributed by atoms with Gasteiger partial charge in [0.1, 0.15) is 0 Å². The minimum absolute atomic E-state index is 0.0700. The molecular weight excluding hydrogens is 220 g/mol. The first-order valence-corrected chi connectivity index (χ1v) is 5.46. The summed E-state index contributed by atoms with van der Waals surface area (Å²) in [5.74, 6) is -0.847. The number of carboxylic acids is 1. The van der Waals surface area contributed by atoms with E-state index in [1.165, 1.54) is 4.90 Å². The number of rotatable bonds is 8. The van der Waals surface area contributed by atoms with Crippen LogP contribution in [0, 0.1) is 0 Å². The molecule has 0 atom stereocenters. The summed E-state index contributed by atoms with van der Waals surface area (Å²) >= 11 is 0. The van der Waals surface area contributed by atoms with E-state index in [1.807, 2.05) is 0 Å². The molecule has 0 aromatic heterocycles. The zero-order valence-electron chi connectivity index (χ0n) is 10.3. The average Bonchev–Trinajstić information content (AvgIpc) is 2.27. The van der Waals surface area contributed by atoms with Gasteiger partial charge in [-0.1, -0.05) is 12.2 Å². The number of carboxylic acid groups (broad SMARTS) is 1. The Morgan fingerprint density at radius 2 is 1.76 bits per heavy atom. The van der Waals surface area contributed by atoms with Crippen molar-refractivity contribution in [3.8, 4) is 0 Å². The van der Waals surface area contributed by atoms with Gasteiger partial charge >= 0.3 is 12.0 Å². The number of urea groups is 1. The van der Waals surface area contributed by atoms with Crippen LogP contribution in [0.3, 0.4) is 0 Å². The minimum Gasteiger partial charge on any atom is -0.481 e.